The van der Waals surface area contributed by atoms with E-state index in [0.29, 0.717) is 0 Å². The Balaban J connectivity index is 2.46. The summed E-state index contributed by atoms with van der Waals surface area (Å²) in [5.41, 5.74) is -13.9. The van der Waals surface area contributed by atoms with Crippen molar-refractivity contribution < 1.29 is 43.2 Å². The van der Waals surface area contributed by atoms with Gasteiger partial charge in [0.15, 0.2) is 0 Å². The number of nitrogens with one attached hydrogen (secondary N) is 1. The van der Waals surface area contributed by atoms with Gasteiger partial charge in [-0.05, 0) is 28.9 Å². The Morgan fingerprint density at radius 2 is 1.29 bits per heavy atom. The summed E-state index contributed by atoms with van der Waals surface area (Å²) in [5.74, 6) is 0. The van der Waals surface area contributed by atoms with Gasteiger partial charge in [0.25, 0.3) is 19.7 Å². The third-order valence-corrected chi connectivity index (χ3v) is 7.21. The van der Waals surface area contributed by atoms with Crippen LogP contribution in [0.15, 0.2) is 45.7 Å². The maximum Gasteiger partial charge on any atom is 0.502 e. The molecule has 1 N–H and O–H groups in total. The monoisotopic (exact) mass is 443 g/mol. The molecular weight excluding hydrogens is 436 g/mol. The van der Waals surface area contributed by atoms with Gasteiger partial charge in [0.05, 0.1) is 10.6 Å². The minimum absolute atomic E-state index is 0.153. The molecule has 0 saturated heterocycles. The van der Waals surface area contributed by atoms with Gasteiger partial charge in [-0.25, -0.2) is 16.8 Å². The number of sulfone groups is 2. The molecule has 13 heteroatoms. The molecule has 3 rings (SSSR count). The minimum atomic E-state index is -6.58. The first-order valence-corrected chi connectivity index (χ1v) is 10.1. The van der Waals surface area contributed by atoms with E-state index in [1.165, 1.54) is 24.3 Å². The lowest BCUT2D eigenvalue weighted by Gasteiger charge is -2.23. The summed E-state index contributed by atoms with van der Waals surface area (Å²) in [5, 5.41) is 7.82. The zero-order chi connectivity index (χ0) is 21.3. The van der Waals surface area contributed by atoms with E-state index in [4.69, 9.17) is 5.41 Å². The van der Waals surface area contributed by atoms with Crippen molar-refractivity contribution in [2.45, 2.75) is 11.0 Å². The predicted octanol–water partition coefficient (Wildman–Crippen LogP) is 3.58. The zero-order valence-corrected chi connectivity index (χ0v) is 14.8. The van der Waals surface area contributed by atoms with Gasteiger partial charge in [-0.1, -0.05) is 24.3 Å². The van der Waals surface area contributed by atoms with Gasteiger partial charge in [0.2, 0.25) is 0 Å². The molecule has 0 aromatic heterocycles. The number of fused-ring (bicyclic) bond motifs is 3. The quantitative estimate of drug-likeness (QED) is 0.708. The normalized spacial score (nSPS) is 17.9. The van der Waals surface area contributed by atoms with Crippen LogP contribution in [0.1, 0.15) is 11.1 Å². The smallest absolute Gasteiger partial charge is 0.299 e. The molecule has 150 valence electrons. The number of hydrogen-bond acceptors (Lipinski definition) is 5. The van der Waals surface area contributed by atoms with Gasteiger partial charge in [0.1, 0.15) is 4.91 Å². The Hall–Kier alpha value is -2.41. The molecule has 0 aliphatic heterocycles. The van der Waals surface area contributed by atoms with E-state index in [1.807, 2.05) is 0 Å². The van der Waals surface area contributed by atoms with E-state index in [-0.39, 0.29) is 22.8 Å². The van der Waals surface area contributed by atoms with E-state index >= 15 is 0 Å². The van der Waals surface area contributed by atoms with Gasteiger partial charge in [-0.2, -0.15) is 26.3 Å². The lowest BCUT2D eigenvalue weighted by atomic mass is 9.95. The van der Waals surface area contributed by atoms with Crippen molar-refractivity contribution in [2.75, 3.05) is 0 Å². The van der Waals surface area contributed by atoms with Gasteiger partial charge in [0, 0.05) is 5.57 Å². The van der Waals surface area contributed by atoms with Crippen molar-refractivity contribution >= 4 is 37.0 Å². The average molecular weight is 443 g/mol. The highest BCUT2D eigenvalue weighted by atomic mass is 32.2. The fourth-order valence-electron chi connectivity index (χ4n) is 2.76. The van der Waals surface area contributed by atoms with Crippen LogP contribution in [0.4, 0.5) is 26.3 Å². The van der Waals surface area contributed by atoms with Crippen LogP contribution < -0.4 is 0 Å². The van der Waals surface area contributed by atoms with Crippen LogP contribution in [0, 0.1) is 5.41 Å². The van der Waals surface area contributed by atoms with Gasteiger partial charge < -0.3 is 0 Å². The standard InChI is InChI=1S/C15H7F6NO4S2/c16-14(17,18)27(23,24)11-6-9-8-4-2-1-3-7(8)5-10(9)12(22)13(11)28(25,26)15(19,20)21/h1-6,22H. The first-order valence-electron chi connectivity index (χ1n) is 7.10. The molecule has 0 atom stereocenters. The summed E-state index contributed by atoms with van der Waals surface area (Å²) in [6, 6.07) is 5.69. The number of hydrogen-bond donors (Lipinski definition) is 1. The number of allylic oxidation sites excluding steroid dienone is 4. The molecule has 0 radical (unpaired) electrons. The molecule has 28 heavy (non-hydrogen) atoms. The second kappa shape index (κ2) is 5.80. The van der Waals surface area contributed by atoms with Crippen LogP contribution in [0.5, 0.6) is 0 Å². The highest BCUT2D eigenvalue weighted by Gasteiger charge is 2.57. The first-order chi connectivity index (χ1) is 12.6. The minimum Gasteiger partial charge on any atom is -0.299 e. The van der Waals surface area contributed by atoms with Crippen LogP contribution in [-0.4, -0.2) is 33.6 Å². The molecule has 0 amide bonds. The summed E-state index contributed by atoms with van der Waals surface area (Å²) < 4.78 is 126. The first kappa shape index (κ1) is 20.3. The SMILES string of the molecule is N=C1C2=Cc3ccccc3C2=CC(S(=O)(=O)C(F)(F)F)=C1S(=O)(=O)C(F)(F)F. The van der Waals surface area contributed by atoms with Crippen molar-refractivity contribution in [1.82, 2.24) is 0 Å². The molecule has 0 heterocycles. The molecule has 0 bridgehead atoms. The molecule has 1 aromatic rings. The lowest BCUT2D eigenvalue weighted by molar-refractivity contribution is -0.0437. The van der Waals surface area contributed by atoms with E-state index in [2.05, 4.69) is 0 Å². The summed E-state index contributed by atoms with van der Waals surface area (Å²) >= 11 is 0. The van der Waals surface area contributed by atoms with Crippen LogP contribution in [0.25, 0.3) is 11.6 Å². The van der Waals surface area contributed by atoms with Crippen molar-refractivity contribution in [3.05, 3.63) is 56.9 Å². The Bertz CT molecular complexity index is 1220. The molecule has 1 aromatic carbocycles. The van der Waals surface area contributed by atoms with Crippen molar-refractivity contribution in [3.8, 4) is 0 Å². The van der Waals surface area contributed by atoms with Crippen molar-refractivity contribution in [3.63, 3.8) is 0 Å². The Kier molecular flexibility index (Phi) is 4.21. The maximum absolute atomic E-state index is 13.0. The number of benzene rings is 1. The highest BCUT2D eigenvalue weighted by Crippen LogP contribution is 2.47. The average Bonchev–Trinajstić information content (AvgIpc) is 2.91. The predicted molar refractivity (Wildman–Crippen MR) is 87.1 cm³/mol. The van der Waals surface area contributed by atoms with E-state index in [9.17, 15) is 43.2 Å². The third-order valence-electron chi connectivity index (χ3n) is 4.00. The molecular formula is C15H7F6NO4S2. The van der Waals surface area contributed by atoms with E-state index in [0.717, 1.165) is 6.08 Å². The van der Waals surface area contributed by atoms with Crippen molar-refractivity contribution in [2.24, 2.45) is 0 Å². The van der Waals surface area contributed by atoms with E-state index < -0.39 is 51.8 Å². The van der Waals surface area contributed by atoms with E-state index in [1.54, 1.807) is 0 Å². The van der Waals surface area contributed by atoms with Crippen LogP contribution in [-0.2, 0) is 19.7 Å². The largest absolute Gasteiger partial charge is 0.502 e. The molecule has 5 nitrogen and oxygen atoms in total. The Morgan fingerprint density at radius 1 is 0.750 bits per heavy atom. The fourth-order valence-corrected chi connectivity index (χ4v) is 5.22. The number of rotatable bonds is 2. The van der Waals surface area contributed by atoms with Crippen LogP contribution in [0.2, 0.25) is 0 Å². The summed E-state index contributed by atoms with van der Waals surface area (Å²) in [6.45, 7) is 0. The summed E-state index contributed by atoms with van der Waals surface area (Å²) in [7, 11) is -13.1. The molecule has 2 aliphatic rings. The topological polar surface area (TPSA) is 92.1 Å². The van der Waals surface area contributed by atoms with Crippen LogP contribution in [0.3, 0.4) is 0 Å². The summed E-state index contributed by atoms with van der Waals surface area (Å²) in [6.07, 6.45) is 1.32. The molecule has 0 unspecified atom stereocenters. The number of alkyl halides is 6. The lowest BCUT2D eigenvalue weighted by Crippen LogP contribution is -2.35. The third kappa shape index (κ3) is 2.71. The van der Waals surface area contributed by atoms with Crippen LogP contribution >= 0.6 is 0 Å². The zero-order valence-electron chi connectivity index (χ0n) is 13.2. The van der Waals surface area contributed by atoms with Gasteiger partial charge >= 0.3 is 11.0 Å². The highest BCUT2D eigenvalue weighted by molar-refractivity contribution is 8.00. The molecule has 0 fully saturated rings. The summed E-state index contributed by atoms with van der Waals surface area (Å²) in [4.78, 5) is -4.38. The molecule has 2 aliphatic carbocycles. The fraction of sp³-hybridized carbons (Fsp3) is 0.133. The van der Waals surface area contributed by atoms with Gasteiger partial charge in [-0.3, -0.25) is 5.41 Å². The second-order valence-electron chi connectivity index (χ2n) is 5.67. The molecule has 0 saturated carbocycles. The molecule has 0 spiro atoms. The van der Waals surface area contributed by atoms with Crippen molar-refractivity contribution in [1.29, 1.82) is 5.41 Å². The second-order valence-corrected chi connectivity index (χ2v) is 9.46. The Labute approximate surface area is 154 Å². The Morgan fingerprint density at radius 3 is 1.82 bits per heavy atom. The maximum atomic E-state index is 13.0. The number of halogens is 6. The van der Waals surface area contributed by atoms with Gasteiger partial charge in [-0.15, -0.1) is 0 Å².